The molecule has 0 unspecified atom stereocenters. The first kappa shape index (κ1) is 8.80. The van der Waals surface area contributed by atoms with Gasteiger partial charge in [-0.25, -0.2) is 4.79 Å². The van der Waals surface area contributed by atoms with Crippen molar-refractivity contribution < 1.29 is 19.1 Å². The van der Waals surface area contributed by atoms with Gasteiger partial charge in [-0.2, -0.15) is 0 Å². The maximum Gasteiger partial charge on any atom is 0.371 e. The molecule has 0 aromatic carbocycles. The summed E-state index contributed by atoms with van der Waals surface area (Å²) in [5.74, 6) is -0.603. The predicted molar refractivity (Wildman–Crippen MR) is 41.1 cm³/mol. The van der Waals surface area contributed by atoms with Gasteiger partial charge < -0.3 is 14.3 Å². The van der Waals surface area contributed by atoms with Crippen molar-refractivity contribution >= 4 is 5.97 Å². The topological polar surface area (TPSA) is 59.7 Å². The third-order valence-electron chi connectivity index (χ3n) is 1.59. The Morgan fingerprint density at radius 2 is 2.33 bits per heavy atom. The molecule has 1 heterocycles. The molecule has 0 saturated heterocycles. The molecule has 0 amide bonds. The van der Waals surface area contributed by atoms with Gasteiger partial charge in [-0.15, -0.1) is 0 Å². The number of rotatable bonds is 3. The zero-order chi connectivity index (χ0) is 9.14. The SMILES string of the molecule is CO[C@@H](C)c1ccc(C(=O)O)o1. The van der Waals surface area contributed by atoms with E-state index in [1.165, 1.54) is 13.2 Å². The molecule has 1 aromatic heterocycles. The minimum Gasteiger partial charge on any atom is -0.475 e. The van der Waals surface area contributed by atoms with Gasteiger partial charge in [-0.3, -0.25) is 0 Å². The lowest BCUT2D eigenvalue weighted by molar-refractivity contribution is 0.0639. The Morgan fingerprint density at radius 1 is 1.67 bits per heavy atom. The van der Waals surface area contributed by atoms with Crippen molar-refractivity contribution in [2.24, 2.45) is 0 Å². The molecule has 0 fully saturated rings. The summed E-state index contributed by atoms with van der Waals surface area (Å²) in [7, 11) is 1.54. The Bertz CT molecular complexity index is 276. The minimum atomic E-state index is -1.07. The smallest absolute Gasteiger partial charge is 0.371 e. The highest BCUT2D eigenvalue weighted by Gasteiger charge is 2.12. The van der Waals surface area contributed by atoms with Gasteiger partial charge in [0, 0.05) is 7.11 Å². The number of ether oxygens (including phenoxy) is 1. The van der Waals surface area contributed by atoms with Gasteiger partial charge in [0.15, 0.2) is 0 Å². The third kappa shape index (κ3) is 1.65. The number of hydrogen-bond donors (Lipinski definition) is 1. The van der Waals surface area contributed by atoms with E-state index in [0.717, 1.165) is 0 Å². The zero-order valence-corrected chi connectivity index (χ0v) is 6.90. The van der Waals surface area contributed by atoms with Crippen molar-refractivity contribution in [1.29, 1.82) is 0 Å². The summed E-state index contributed by atoms with van der Waals surface area (Å²) in [5.41, 5.74) is 0. The van der Waals surface area contributed by atoms with E-state index < -0.39 is 5.97 Å². The Morgan fingerprint density at radius 3 is 2.75 bits per heavy atom. The second kappa shape index (κ2) is 3.40. The second-order valence-corrected chi connectivity index (χ2v) is 2.39. The normalized spacial score (nSPS) is 12.8. The Kier molecular flexibility index (Phi) is 2.50. The van der Waals surface area contributed by atoms with Crippen LogP contribution in [0.4, 0.5) is 0 Å². The first-order chi connectivity index (χ1) is 5.65. The summed E-state index contributed by atoms with van der Waals surface area (Å²) < 4.78 is 9.92. The monoisotopic (exact) mass is 170 g/mol. The maximum atomic E-state index is 10.4. The van der Waals surface area contributed by atoms with E-state index >= 15 is 0 Å². The number of aromatic carboxylic acids is 1. The van der Waals surface area contributed by atoms with E-state index in [1.807, 2.05) is 0 Å². The summed E-state index contributed by atoms with van der Waals surface area (Å²) >= 11 is 0. The lowest BCUT2D eigenvalue weighted by Crippen LogP contribution is -1.94. The summed E-state index contributed by atoms with van der Waals surface area (Å²) in [6, 6.07) is 3.00. The number of carbonyl (C=O) groups is 1. The van der Waals surface area contributed by atoms with Gasteiger partial charge in [0.1, 0.15) is 11.9 Å². The van der Waals surface area contributed by atoms with Crippen LogP contribution in [0.5, 0.6) is 0 Å². The van der Waals surface area contributed by atoms with Crippen LogP contribution in [0.2, 0.25) is 0 Å². The summed E-state index contributed by atoms with van der Waals surface area (Å²) in [4.78, 5) is 10.4. The van der Waals surface area contributed by atoms with Crippen molar-refractivity contribution in [3.8, 4) is 0 Å². The Labute approximate surface area is 69.8 Å². The molecule has 0 saturated carbocycles. The summed E-state index contributed by atoms with van der Waals surface area (Å²) in [6.45, 7) is 1.78. The fourth-order valence-corrected chi connectivity index (χ4v) is 0.802. The molecule has 1 atom stereocenters. The van der Waals surface area contributed by atoms with Crippen LogP contribution in [-0.2, 0) is 4.74 Å². The molecule has 0 radical (unpaired) electrons. The molecular weight excluding hydrogens is 160 g/mol. The first-order valence-corrected chi connectivity index (χ1v) is 3.51. The van der Waals surface area contributed by atoms with Crippen LogP contribution in [0.3, 0.4) is 0 Å². The first-order valence-electron chi connectivity index (χ1n) is 3.51. The average Bonchev–Trinajstić information content (AvgIpc) is 2.51. The van der Waals surface area contributed by atoms with Crippen LogP contribution < -0.4 is 0 Å². The van der Waals surface area contributed by atoms with Crippen molar-refractivity contribution in [3.63, 3.8) is 0 Å². The fourth-order valence-electron chi connectivity index (χ4n) is 0.802. The Balaban J connectivity index is 2.84. The largest absolute Gasteiger partial charge is 0.475 e. The Hall–Kier alpha value is -1.29. The molecular formula is C8H10O4. The van der Waals surface area contributed by atoms with E-state index in [1.54, 1.807) is 13.0 Å². The van der Waals surface area contributed by atoms with E-state index in [4.69, 9.17) is 14.3 Å². The molecule has 1 rings (SSSR count). The van der Waals surface area contributed by atoms with Crippen LogP contribution in [0.15, 0.2) is 16.5 Å². The summed E-state index contributed by atoms with van der Waals surface area (Å²) in [5, 5.41) is 8.52. The molecule has 12 heavy (non-hydrogen) atoms. The third-order valence-corrected chi connectivity index (χ3v) is 1.59. The quantitative estimate of drug-likeness (QED) is 0.749. The molecule has 1 aromatic rings. The van der Waals surface area contributed by atoms with Gasteiger partial charge >= 0.3 is 5.97 Å². The highest BCUT2D eigenvalue weighted by Crippen LogP contribution is 2.18. The van der Waals surface area contributed by atoms with E-state index in [9.17, 15) is 4.79 Å². The molecule has 4 heteroatoms. The molecule has 0 bridgehead atoms. The van der Waals surface area contributed by atoms with Crippen LogP contribution in [0.25, 0.3) is 0 Å². The van der Waals surface area contributed by atoms with E-state index in [2.05, 4.69) is 0 Å². The number of methoxy groups -OCH3 is 1. The van der Waals surface area contributed by atoms with Gasteiger partial charge in [0.05, 0.1) is 0 Å². The highest BCUT2D eigenvalue weighted by atomic mass is 16.5. The number of furan rings is 1. The van der Waals surface area contributed by atoms with Crippen LogP contribution in [0, 0.1) is 0 Å². The summed E-state index contributed by atoms with van der Waals surface area (Å²) in [6.07, 6.45) is -0.210. The molecule has 0 aliphatic carbocycles. The van der Waals surface area contributed by atoms with Gasteiger partial charge in [-0.05, 0) is 19.1 Å². The van der Waals surface area contributed by atoms with Crippen LogP contribution >= 0.6 is 0 Å². The molecule has 1 N–H and O–H groups in total. The highest BCUT2D eigenvalue weighted by molar-refractivity contribution is 5.84. The molecule has 4 nitrogen and oxygen atoms in total. The number of carboxylic acid groups (broad SMARTS) is 1. The van der Waals surface area contributed by atoms with Gasteiger partial charge in [0.25, 0.3) is 0 Å². The van der Waals surface area contributed by atoms with E-state index in [-0.39, 0.29) is 11.9 Å². The van der Waals surface area contributed by atoms with Gasteiger partial charge in [0.2, 0.25) is 5.76 Å². The lowest BCUT2D eigenvalue weighted by Gasteiger charge is -2.03. The number of carboxylic acids is 1. The predicted octanol–water partition coefficient (Wildman–Crippen LogP) is 1.69. The molecule has 0 spiro atoms. The van der Waals surface area contributed by atoms with Crippen molar-refractivity contribution in [1.82, 2.24) is 0 Å². The average molecular weight is 170 g/mol. The van der Waals surface area contributed by atoms with Crippen molar-refractivity contribution in [3.05, 3.63) is 23.7 Å². The lowest BCUT2D eigenvalue weighted by atomic mass is 10.3. The van der Waals surface area contributed by atoms with E-state index in [0.29, 0.717) is 5.76 Å². The maximum absolute atomic E-state index is 10.4. The molecule has 0 aliphatic heterocycles. The molecule has 0 aliphatic rings. The number of hydrogen-bond acceptors (Lipinski definition) is 3. The standard InChI is InChI=1S/C8H10O4/c1-5(11-2)6-3-4-7(12-6)8(9)10/h3-5H,1-2H3,(H,9,10)/t5-/m0/s1. The van der Waals surface area contributed by atoms with Crippen molar-refractivity contribution in [2.75, 3.05) is 7.11 Å². The van der Waals surface area contributed by atoms with Crippen LogP contribution in [-0.4, -0.2) is 18.2 Å². The van der Waals surface area contributed by atoms with Gasteiger partial charge in [-0.1, -0.05) is 0 Å². The van der Waals surface area contributed by atoms with Crippen molar-refractivity contribution in [2.45, 2.75) is 13.0 Å². The zero-order valence-electron chi connectivity index (χ0n) is 6.90. The second-order valence-electron chi connectivity index (χ2n) is 2.39. The van der Waals surface area contributed by atoms with Crippen LogP contribution in [0.1, 0.15) is 29.3 Å². The fraction of sp³-hybridized carbons (Fsp3) is 0.375. The molecule has 66 valence electrons. The minimum absolute atomic E-state index is 0.0612.